The number of benzene rings is 1. The molecule has 1 aliphatic heterocycles. The van der Waals surface area contributed by atoms with Gasteiger partial charge in [-0.05, 0) is 19.4 Å². The van der Waals surface area contributed by atoms with Gasteiger partial charge in [-0.25, -0.2) is 0 Å². The van der Waals surface area contributed by atoms with Crippen molar-refractivity contribution in [2.75, 3.05) is 6.54 Å². The predicted molar refractivity (Wildman–Crippen MR) is 104 cm³/mol. The SMILES string of the molecule is CC(C)OC(=O)CC(NC(=O)c1n[nH]c2c1CNCC2)c1ccccc1.Cl. The zero-order valence-electron chi connectivity index (χ0n) is 15.5. The molecule has 7 nitrogen and oxygen atoms in total. The molecule has 3 rings (SSSR count). The first-order valence-corrected chi connectivity index (χ1v) is 8.86. The molecule has 1 aromatic heterocycles. The minimum atomic E-state index is -0.473. The lowest BCUT2D eigenvalue weighted by molar-refractivity contribution is -0.147. The van der Waals surface area contributed by atoms with E-state index in [0.29, 0.717) is 12.2 Å². The van der Waals surface area contributed by atoms with Crippen molar-refractivity contribution in [3.8, 4) is 0 Å². The number of ether oxygens (including phenoxy) is 1. The van der Waals surface area contributed by atoms with Crippen LogP contribution < -0.4 is 10.6 Å². The fraction of sp³-hybridized carbons (Fsp3) is 0.421. The first-order chi connectivity index (χ1) is 12.5. The highest BCUT2D eigenvalue weighted by Gasteiger charge is 2.25. The number of H-pyrrole nitrogens is 1. The van der Waals surface area contributed by atoms with Crippen molar-refractivity contribution in [2.45, 2.75) is 45.4 Å². The summed E-state index contributed by atoms with van der Waals surface area (Å²) in [5.74, 6) is -0.641. The molecule has 8 heteroatoms. The maximum Gasteiger partial charge on any atom is 0.308 e. The number of aromatic amines is 1. The third-order valence-corrected chi connectivity index (χ3v) is 4.27. The number of amides is 1. The van der Waals surface area contributed by atoms with Crippen LogP contribution in [-0.4, -0.2) is 34.7 Å². The molecule has 0 bridgehead atoms. The number of fused-ring (bicyclic) bond motifs is 1. The molecule has 1 aromatic carbocycles. The number of nitrogens with zero attached hydrogens (tertiary/aromatic N) is 1. The van der Waals surface area contributed by atoms with Crippen LogP contribution in [0.5, 0.6) is 0 Å². The average molecular weight is 393 g/mol. The summed E-state index contributed by atoms with van der Waals surface area (Å²) in [5.41, 5.74) is 3.11. The molecule has 1 unspecified atom stereocenters. The number of aromatic nitrogens is 2. The highest BCUT2D eigenvalue weighted by Crippen LogP contribution is 2.20. The summed E-state index contributed by atoms with van der Waals surface area (Å²) in [6, 6.07) is 8.94. The van der Waals surface area contributed by atoms with E-state index in [1.165, 1.54) is 0 Å². The summed E-state index contributed by atoms with van der Waals surface area (Å²) in [6.45, 7) is 5.08. The lowest BCUT2D eigenvalue weighted by atomic mass is 10.0. The molecular formula is C19H25ClN4O3. The third-order valence-electron chi connectivity index (χ3n) is 4.27. The Bertz CT molecular complexity index is 777. The number of nitrogens with one attached hydrogen (secondary N) is 3. The van der Waals surface area contributed by atoms with E-state index in [1.807, 2.05) is 30.3 Å². The number of carbonyl (C=O) groups is 2. The maximum atomic E-state index is 12.8. The number of rotatable bonds is 6. The van der Waals surface area contributed by atoms with Gasteiger partial charge in [-0.1, -0.05) is 30.3 Å². The van der Waals surface area contributed by atoms with Crippen molar-refractivity contribution in [2.24, 2.45) is 0 Å². The lowest BCUT2D eigenvalue weighted by Gasteiger charge is -2.20. The highest BCUT2D eigenvalue weighted by atomic mass is 35.5. The molecule has 27 heavy (non-hydrogen) atoms. The summed E-state index contributed by atoms with van der Waals surface area (Å²) < 4.78 is 5.24. The Kier molecular flexibility index (Phi) is 7.38. The van der Waals surface area contributed by atoms with Gasteiger partial charge in [0.2, 0.25) is 0 Å². The second-order valence-corrected chi connectivity index (χ2v) is 6.64. The highest BCUT2D eigenvalue weighted by molar-refractivity contribution is 5.94. The number of carbonyl (C=O) groups excluding carboxylic acids is 2. The fourth-order valence-electron chi connectivity index (χ4n) is 3.05. The van der Waals surface area contributed by atoms with Gasteiger partial charge in [-0.15, -0.1) is 12.4 Å². The molecule has 2 aromatic rings. The van der Waals surface area contributed by atoms with Gasteiger partial charge in [-0.3, -0.25) is 14.7 Å². The third kappa shape index (κ3) is 5.30. The maximum absolute atomic E-state index is 12.8. The Balaban J connectivity index is 0.00000261. The summed E-state index contributed by atoms with van der Waals surface area (Å²) in [4.78, 5) is 24.9. The topological polar surface area (TPSA) is 96.1 Å². The first kappa shape index (κ1) is 20.9. The van der Waals surface area contributed by atoms with Crippen LogP contribution in [0, 0.1) is 0 Å². The molecule has 0 aliphatic carbocycles. The molecule has 0 radical (unpaired) electrons. The molecule has 3 N–H and O–H groups in total. The quantitative estimate of drug-likeness (QED) is 0.655. The van der Waals surface area contributed by atoms with Crippen LogP contribution in [0.15, 0.2) is 30.3 Å². The predicted octanol–water partition coefficient (Wildman–Crippen LogP) is 2.29. The van der Waals surface area contributed by atoms with Gasteiger partial charge in [0.15, 0.2) is 5.69 Å². The number of halogens is 1. The Morgan fingerprint density at radius 3 is 2.70 bits per heavy atom. The van der Waals surface area contributed by atoms with E-state index in [1.54, 1.807) is 13.8 Å². The number of esters is 1. The first-order valence-electron chi connectivity index (χ1n) is 8.86. The zero-order chi connectivity index (χ0) is 18.5. The van der Waals surface area contributed by atoms with Crippen LogP contribution in [0.4, 0.5) is 0 Å². The van der Waals surface area contributed by atoms with Crippen molar-refractivity contribution in [3.63, 3.8) is 0 Å². The fourth-order valence-corrected chi connectivity index (χ4v) is 3.05. The number of hydrogen-bond acceptors (Lipinski definition) is 5. The van der Waals surface area contributed by atoms with Gasteiger partial charge >= 0.3 is 5.97 Å². The van der Waals surface area contributed by atoms with Crippen LogP contribution in [0.3, 0.4) is 0 Å². The van der Waals surface area contributed by atoms with Gasteiger partial charge in [0.05, 0.1) is 18.6 Å². The molecular weight excluding hydrogens is 368 g/mol. The summed E-state index contributed by atoms with van der Waals surface area (Å²) in [6.07, 6.45) is 0.691. The average Bonchev–Trinajstić information content (AvgIpc) is 3.05. The summed E-state index contributed by atoms with van der Waals surface area (Å²) in [5, 5.41) is 13.3. The molecule has 1 aliphatic rings. The van der Waals surface area contributed by atoms with Gasteiger partial charge in [0.25, 0.3) is 5.91 Å². The summed E-state index contributed by atoms with van der Waals surface area (Å²) >= 11 is 0. The molecule has 2 heterocycles. The molecule has 146 valence electrons. The molecule has 0 spiro atoms. The van der Waals surface area contributed by atoms with Crippen LogP contribution in [0.25, 0.3) is 0 Å². The van der Waals surface area contributed by atoms with Gasteiger partial charge in [0, 0.05) is 30.8 Å². The van der Waals surface area contributed by atoms with Gasteiger partial charge in [0.1, 0.15) is 0 Å². The molecule has 0 fully saturated rings. The minimum absolute atomic E-state index is 0. The van der Waals surface area contributed by atoms with Gasteiger partial charge < -0.3 is 15.4 Å². The molecule has 1 atom stereocenters. The minimum Gasteiger partial charge on any atom is -0.463 e. The zero-order valence-corrected chi connectivity index (χ0v) is 16.3. The van der Waals surface area contributed by atoms with E-state index in [2.05, 4.69) is 20.8 Å². The van der Waals surface area contributed by atoms with Crippen molar-refractivity contribution in [3.05, 3.63) is 52.8 Å². The molecule has 1 amide bonds. The van der Waals surface area contributed by atoms with Crippen LogP contribution >= 0.6 is 12.4 Å². The second-order valence-electron chi connectivity index (χ2n) is 6.64. The van der Waals surface area contributed by atoms with Gasteiger partial charge in [-0.2, -0.15) is 5.10 Å². The van der Waals surface area contributed by atoms with E-state index in [-0.39, 0.29) is 36.8 Å². The standard InChI is InChI=1S/C19H24N4O3.ClH/c1-12(2)26-17(24)10-16(13-6-4-3-5-7-13)21-19(25)18-14-11-20-9-8-15(14)22-23-18;/h3-7,12,16,20H,8-11H2,1-2H3,(H,21,25)(H,22,23);1H. The van der Waals surface area contributed by atoms with E-state index in [4.69, 9.17) is 4.74 Å². The Hall–Kier alpha value is -2.38. The molecule has 0 saturated carbocycles. The van der Waals surface area contributed by atoms with Crippen LogP contribution in [0.2, 0.25) is 0 Å². The smallest absolute Gasteiger partial charge is 0.308 e. The molecule has 0 saturated heterocycles. The Morgan fingerprint density at radius 1 is 1.26 bits per heavy atom. The van der Waals surface area contributed by atoms with E-state index in [9.17, 15) is 9.59 Å². The Morgan fingerprint density at radius 2 is 2.00 bits per heavy atom. The summed E-state index contributed by atoms with van der Waals surface area (Å²) in [7, 11) is 0. The number of hydrogen-bond donors (Lipinski definition) is 3. The largest absolute Gasteiger partial charge is 0.463 e. The van der Waals surface area contributed by atoms with E-state index < -0.39 is 6.04 Å². The van der Waals surface area contributed by atoms with Crippen LogP contribution in [0.1, 0.15) is 53.6 Å². The van der Waals surface area contributed by atoms with Crippen molar-refractivity contribution in [1.29, 1.82) is 0 Å². The Labute approximate surface area is 164 Å². The van der Waals surface area contributed by atoms with Crippen molar-refractivity contribution in [1.82, 2.24) is 20.8 Å². The van der Waals surface area contributed by atoms with E-state index in [0.717, 1.165) is 29.8 Å². The lowest BCUT2D eigenvalue weighted by Crippen LogP contribution is -2.33. The van der Waals surface area contributed by atoms with E-state index >= 15 is 0 Å². The monoisotopic (exact) mass is 392 g/mol. The normalized spacial score (nSPS) is 14.0. The second kappa shape index (κ2) is 9.53. The van der Waals surface area contributed by atoms with Crippen molar-refractivity contribution < 1.29 is 14.3 Å². The van der Waals surface area contributed by atoms with Crippen molar-refractivity contribution >= 4 is 24.3 Å². The van der Waals surface area contributed by atoms with Crippen LogP contribution in [-0.2, 0) is 22.5 Å².